The number of sulfonamides is 1. The molecule has 1 aromatic heterocycles. The second-order valence-corrected chi connectivity index (χ2v) is 8.84. The van der Waals surface area contributed by atoms with Crippen molar-refractivity contribution in [2.24, 2.45) is 24.6 Å². The first-order valence-corrected chi connectivity index (χ1v) is 9.97. The predicted octanol–water partition coefficient (Wildman–Crippen LogP) is 0.0509. The first-order chi connectivity index (χ1) is 11.8. The van der Waals surface area contributed by atoms with Gasteiger partial charge in [0.05, 0.1) is 0 Å². The molecule has 0 bridgehead atoms. The van der Waals surface area contributed by atoms with Gasteiger partial charge in [0, 0.05) is 38.8 Å². The number of carbonyl (C=O) groups is 2. The minimum atomic E-state index is -3.69. The Morgan fingerprint density at radius 2 is 1.88 bits per heavy atom. The summed E-state index contributed by atoms with van der Waals surface area (Å²) in [6, 6.07) is 1.30. The van der Waals surface area contributed by atoms with E-state index in [0.29, 0.717) is 31.8 Å². The molecule has 1 saturated carbocycles. The molecule has 1 aliphatic heterocycles. The van der Waals surface area contributed by atoms with Crippen molar-refractivity contribution in [1.82, 2.24) is 14.2 Å². The number of piperidine rings is 1. The Morgan fingerprint density at radius 3 is 2.40 bits per heavy atom. The van der Waals surface area contributed by atoms with Crippen molar-refractivity contribution < 1.29 is 18.0 Å². The number of hydrogen-bond acceptors (Lipinski definition) is 4. The van der Waals surface area contributed by atoms with Crippen LogP contribution in [0, 0.1) is 11.8 Å². The van der Waals surface area contributed by atoms with E-state index in [9.17, 15) is 18.0 Å². The van der Waals surface area contributed by atoms with Gasteiger partial charge in [-0.25, -0.2) is 8.42 Å². The number of hydrogen-bond donors (Lipinski definition) is 2. The van der Waals surface area contributed by atoms with Crippen LogP contribution in [0.2, 0.25) is 0 Å². The van der Waals surface area contributed by atoms with Crippen LogP contribution in [0.1, 0.15) is 36.2 Å². The number of aryl methyl sites for hydroxylation is 1. The molecular weight excluding hydrogens is 344 g/mol. The molecule has 9 heteroatoms. The van der Waals surface area contributed by atoms with Gasteiger partial charge in [0.2, 0.25) is 15.9 Å². The second-order valence-electron chi connectivity index (χ2n) is 6.90. The maximum Gasteiger partial charge on any atom is 0.265 e. The van der Waals surface area contributed by atoms with E-state index in [-0.39, 0.29) is 22.4 Å². The molecule has 0 aromatic carbocycles. The van der Waals surface area contributed by atoms with Crippen LogP contribution in [-0.4, -0.2) is 48.7 Å². The lowest BCUT2D eigenvalue weighted by Gasteiger charge is -2.30. The van der Waals surface area contributed by atoms with Crippen LogP contribution in [0.25, 0.3) is 0 Å². The summed E-state index contributed by atoms with van der Waals surface area (Å²) in [7, 11) is -2.11. The number of rotatable bonds is 6. The topological polar surface area (TPSA) is 114 Å². The van der Waals surface area contributed by atoms with Gasteiger partial charge < -0.3 is 15.6 Å². The summed E-state index contributed by atoms with van der Waals surface area (Å²) in [6.45, 7) is 1.33. The monoisotopic (exact) mass is 368 g/mol. The van der Waals surface area contributed by atoms with Crippen LogP contribution in [-0.2, 0) is 21.9 Å². The molecule has 2 aliphatic rings. The predicted molar refractivity (Wildman–Crippen MR) is 91.1 cm³/mol. The van der Waals surface area contributed by atoms with Crippen molar-refractivity contribution in [3.05, 3.63) is 18.0 Å². The molecule has 25 heavy (non-hydrogen) atoms. The highest BCUT2D eigenvalue weighted by atomic mass is 32.2. The zero-order chi connectivity index (χ0) is 18.2. The van der Waals surface area contributed by atoms with E-state index in [0.717, 1.165) is 6.54 Å². The fourth-order valence-corrected chi connectivity index (χ4v) is 4.68. The van der Waals surface area contributed by atoms with Crippen LogP contribution in [0.4, 0.5) is 0 Å². The zero-order valence-corrected chi connectivity index (χ0v) is 15.1. The summed E-state index contributed by atoms with van der Waals surface area (Å²) in [5.74, 6) is -0.154. The van der Waals surface area contributed by atoms with E-state index in [4.69, 9.17) is 5.73 Å². The number of nitrogens with one attached hydrogen (secondary N) is 1. The Hall–Kier alpha value is -1.87. The Labute approximate surface area is 147 Å². The Bertz CT molecular complexity index is 774. The number of nitrogens with two attached hydrogens (primary N) is 1. The molecular formula is C16H24N4O4S. The summed E-state index contributed by atoms with van der Waals surface area (Å²) in [5.41, 5.74) is 5.39. The molecule has 3 N–H and O–H groups in total. The summed E-state index contributed by atoms with van der Waals surface area (Å²) < 4.78 is 28.3. The van der Waals surface area contributed by atoms with Crippen LogP contribution in [0.3, 0.4) is 0 Å². The molecule has 2 heterocycles. The van der Waals surface area contributed by atoms with Gasteiger partial charge in [-0.3, -0.25) is 9.59 Å². The molecule has 0 atom stereocenters. The number of aromatic nitrogens is 1. The van der Waals surface area contributed by atoms with Gasteiger partial charge in [-0.05, 0) is 37.7 Å². The number of nitrogens with zero attached hydrogens (tertiary/aromatic N) is 2. The van der Waals surface area contributed by atoms with Gasteiger partial charge in [0.1, 0.15) is 10.6 Å². The summed E-state index contributed by atoms with van der Waals surface area (Å²) in [5, 5.41) is 2.96. The molecule has 0 unspecified atom stereocenters. The van der Waals surface area contributed by atoms with Crippen molar-refractivity contribution in [3.8, 4) is 0 Å². The summed E-state index contributed by atoms with van der Waals surface area (Å²) >= 11 is 0. The van der Waals surface area contributed by atoms with E-state index in [1.165, 1.54) is 34.0 Å². The van der Waals surface area contributed by atoms with E-state index >= 15 is 0 Å². The molecule has 138 valence electrons. The lowest BCUT2D eigenvalue weighted by molar-refractivity contribution is -0.126. The van der Waals surface area contributed by atoms with Gasteiger partial charge in [0.25, 0.3) is 5.91 Å². The Kier molecular flexibility index (Phi) is 4.88. The molecule has 1 saturated heterocycles. The molecule has 1 aliphatic carbocycles. The van der Waals surface area contributed by atoms with Crippen molar-refractivity contribution in [1.29, 1.82) is 0 Å². The maximum absolute atomic E-state index is 12.7. The second kappa shape index (κ2) is 6.80. The largest absolute Gasteiger partial charge is 0.364 e. The van der Waals surface area contributed by atoms with E-state index in [1.54, 1.807) is 7.05 Å². The average Bonchev–Trinajstić information content (AvgIpc) is 3.32. The minimum absolute atomic E-state index is 0.0275. The molecule has 3 rings (SSSR count). The van der Waals surface area contributed by atoms with Crippen LogP contribution >= 0.6 is 0 Å². The third-order valence-corrected chi connectivity index (χ3v) is 6.82. The van der Waals surface area contributed by atoms with Gasteiger partial charge in [0.15, 0.2) is 0 Å². The smallest absolute Gasteiger partial charge is 0.265 e. The first kappa shape index (κ1) is 17.9. The summed E-state index contributed by atoms with van der Waals surface area (Å²) in [6.07, 6.45) is 4.77. The van der Waals surface area contributed by atoms with Crippen molar-refractivity contribution in [2.45, 2.75) is 30.6 Å². The van der Waals surface area contributed by atoms with E-state index < -0.39 is 15.9 Å². The SMILES string of the molecule is Cn1cc(S(=O)(=O)N2CCC(C(=O)NCC3CC3)CC2)cc1C(N)=O. The average molecular weight is 368 g/mol. The van der Waals surface area contributed by atoms with Crippen LogP contribution < -0.4 is 11.1 Å². The highest BCUT2D eigenvalue weighted by Gasteiger charge is 2.33. The standard InChI is InChI=1S/C16H24N4O4S/c1-19-10-13(8-14(19)15(17)21)25(23,24)20-6-4-12(5-7-20)16(22)18-9-11-2-3-11/h8,10-12H,2-7,9H2,1H3,(H2,17,21)(H,18,22). The van der Waals surface area contributed by atoms with Gasteiger partial charge in [-0.1, -0.05) is 0 Å². The molecule has 8 nitrogen and oxygen atoms in total. The van der Waals surface area contributed by atoms with Gasteiger partial charge >= 0.3 is 0 Å². The lowest BCUT2D eigenvalue weighted by Crippen LogP contribution is -2.43. The fraction of sp³-hybridized carbons (Fsp3) is 0.625. The van der Waals surface area contributed by atoms with E-state index in [2.05, 4.69) is 5.32 Å². The fourth-order valence-electron chi connectivity index (χ4n) is 3.14. The molecule has 0 radical (unpaired) electrons. The Balaban J connectivity index is 1.62. The van der Waals surface area contributed by atoms with Crippen LogP contribution in [0.5, 0.6) is 0 Å². The van der Waals surface area contributed by atoms with Crippen LogP contribution in [0.15, 0.2) is 17.2 Å². The number of primary amides is 1. The maximum atomic E-state index is 12.7. The van der Waals surface area contributed by atoms with Gasteiger partial charge in [-0.2, -0.15) is 4.31 Å². The number of carbonyl (C=O) groups excluding carboxylic acids is 2. The van der Waals surface area contributed by atoms with Crippen molar-refractivity contribution in [3.63, 3.8) is 0 Å². The molecule has 2 amide bonds. The highest BCUT2D eigenvalue weighted by molar-refractivity contribution is 7.89. The molecule has 0 spiro atoms. The Morgan fingerprint density at radius 1 is 1.24 bits per heavy atom. The van der Waals surface area contributed by atoms with Gasteiger partial charge in [-0.15, -0.1) is 0 Å². The molecule has 1 aromatic rings. The number of amides is 2. The van der Waals surface area contributed by atoms with Crippen molar-refractivity contribution >= 4 is 21.8 Å². The molecule has 2 fully saturated rings. The third-order valence-electron chi connectivity index (χ3n) is 4.96. The third kappa shape index (κ3) is 3.87. The lowest BCUT2D eigenvalue weighted by atomic mass is 9.97. The van der Waals surface area contributed by atoms with Crippen molar-refractivity contribution in [2.75, 3.05) is 19.6 Å². The van der Waals surface area contributed by atoms with E-state index in [1.807, 2.05) is 0 Å². The summed E-state index contributed by atoms with van der Waals surface area (Å²) in [4.78, 5) is 23.5. The first-order valence-electron chi connectivity index (χ1n) is 8.53. The highest BCUT2D eigenvalue weighted by Crippen LogP contribution is 2.28. The quantitative estimate of drug-likeness (QED) is 0.738. The minimum Gasteiger partial charge on any atom is -0.364 e. The zero-order valence-electron chi connectivity index (χ0n) is 14.3. The normalized spacial score (nSPS) is 19.7.